The average molecular weight is 271 g/mol. The molecule has 4 nitrogen and oxygen atoms in total. The van der Waals surface area contributed by atoms with E-state index in [2.05, 4.69) is 23.1 Å². The summed E-state index contributed by atoms with van der Waals surface area (Å²) in [5.74, 6) is -0.186. The van der Waals surface area contributed by atoms with E-state index < -0.39 is 10.1 Å². The molecule has 0 aliphatic rings. The highest BCUT2D eigenvalue weighted by Gasteiger charge is 2.08. The summed E-state index contributed by atoms with van der Waals surface area (Å²) in [5, 5.41) is 0. The van der Waals surface area contributed by atoms with Crippen molar-refractivity contribution >= 4 is 15.8 Å². The van der Waals surface area contributed by atoms with Crippen molar-refractivity contribution in [2.24, 2.45) is 0 Å². The van der Waals surface area contributed by atoms with Crippen LogP contribution in [0.1, 0.15) is 24.5 Å². The van der Waals surface area contributed by atoms with E-state index in [4.69, 9.17) is 4.55 Å². The van der Waals surface area contributed by atoms with Gasteiger partial charge in [-0.1, -0.05) is 6.07 Å². The molecule has 0 fully saturated rings. The molecular formula is C13H21NO3S. The van der Waals surface area contributed by atoms with Crippen molar-refractivity contribution in [3.05, 3.63) is 29.3 Å². The van der Waals surface area contributed by atoms with Crippen LogP contribution in [-0.2, 0) is 10.1 Å². The predicted octanol–water partition coefficient (Wildman–Crippen LogP) is 2.41. The van der Waals surface area contributed by atoms with Crippen molar-refractivity contribution in [3.8, 4) is 0 Å². The molecule has 0 spiro atoms. The minimum absolute atomic E-state index is 0.186. The Morgan fingerprint density at radius 1 is 1.17 bits per heavy atom. The predicted molar refractivity (Wildman–Crippen MR) is 74.8 cm³/mol. The quantitative estimate of drug-likeness (QED) is 0.807. The Morgan fingerprint density at radius 3 is 2.17 bits per heavy atom. The van der Waals surface area contributed by atoms with Crippen molar-refractivity contribution in [1.82, 2.24) is 0 Å². The summed E-state index contributed by atoms with van der Waals surface area (Å²) in [6.45, 7) is 7.56. The summed E-state index contributed by atoms with van der Waals surface area (Å²) in [6.07, 6.45) is 0.430. The van der Waals surface area contributed by atoms with Gasteiger partial charge in [-0.05, 0) is 50.5 Å². The molecule has 18 heavy (non-hydrogen) atoms. The van der Waals surface area contributed by atoms with Crippen molar-refractivity contribution in [3.63, 3.8) is 0 Å². The van der Waals surface area contributed by atoms with E-state index in [0.29, 0.717) is 13.0 Å². The van der Waals surface area contributed by atoms with Gasteiger partial charge in [-0.25, -0.2) is 0 Å². The molecule has 0 aromatic heterocycles. The molecule has 0 saturated heterocycles. The lowest BCUT2D eigenvalue weighted by Gasteiger charge is -2.23. The zero-order chi connectivity index (χ0) is 13.8. The van der Waals surface area contributed by atoms with Crippen molar-refractivity contribution in [2.45, 2.75) is 27.2 Å². The number of rotatable bonds is 6. The minimum Gasteiger partial charge on any atom is -0.372 e. The maximum atomic E-state index is 10.7. The fourth-order valence-corrected chi connectivity index (χ4v) is 2.53. The van der Waals surface area contributed by atoms with Crippen LogP contribution in [0.3, 0.4) is 0 Å². The second kappa shape index (κ2) is 6.20. The highest BCUT2D eigenvalue weighted by molar-refractivity contribution is 7.85. The molecule has 1 aromatic rings. The first kappa shape index (κ1) is 15.0. The molecule has 0 unspecified atom stereocenters. The van der Waals surface area contributed by atoms with Gasteiger partial charge in [-0.3, -0.25) is 4.55 Å². The first-order valence-electron chi connectivity index (χ1n) is 6.10. The van der Waals surface area contributed by atoms with Gasteiger partial charge in [-0.15, -0.1) is 0 Å². The summed E-state index contributed by atoms with van der Waals surface area (Å²) >= 11 is 0. The Bertz CT molecular complexity index is 477. The van der Waals surface area contributed by atoms with Crippen LogP contribution in [-0.4, -0.2) is 31.8 Å². The summed E-state index contributed by atoms with van der Waals surface area (Å²) < 4.78 is 30.1. The molecule has 0 amide bonds. The maximum Gasteiger partial charge on any atom is 0.264 e. The van der Waals surface area contributed by atoms with Crippen LogP contribution in [0.25, 0.3) is 0 Å². The molecular weight excluding hydrogens is 250 g/mol. The molecule has 0 saturated carbocycles. The zero-order valence-corrected chi connectivity index (χ0v) is 12.0. The lowest BCUT2D eigenvalue weighted by molar-refractivity contribution is 0.481. The Morgan fingerprint density at radius 2 is 1.72 bits per heavy atom. The molecule has 0 heterocycles. The van der Waals surface area contributed by atoms with Gasteiger partial charge in [-0.2, -0.15) is 8.42 Å². The van der Waals surface area contributed by atoms with E-state index in [0.717, 1.165) is 12.2 Å². The van der Waals surface area contributed by atoms with E-state index >= 15 is 0 Å². The largest absolute Gasteiger partial charge is 0.372 e. The first-order chi connectivity index (χ1) is 8.31. The summed E-state index contributed by atoms with van der Waals surface area (Å²) in [6, 6.07) is 6.28. The molecule has 1 rings (SSSR count). The zero-order valence-electron chi connectivity index (χ0n) is 11.2. The van der Waals surface area contributed by atoms with Gasteiger partial charge >= 0.3 is 0 Å². The van der Waals surface area contributed by atoms with Gasteiger partial charge < -0.3 is 4.90 Å². The number of hydrogen-bond donors (Lipinski definition) is 1. The first-order valence-corrected chi connectivity index (χ1v) is 7.71. The summed E-state index contributed by atoms with van der Waals surface area (Å²) in [4.78, 5) is 2.12. The molecule has 0 bridgehead atoms. The summed E-state index contributed by atoms with van der Waals surface area (Å²) in [7, 11) is -3.85. The Hall–Kier alpha value is -1.07. The number of hydrogen-bond acceptors (Lipinski definition) is 3. The fraction of sp³-hybridized carbons (Fsp3) is 0.538. The molecule has 0 radical (unpaired) electrons. The van der Waals surface area contributed by atoms with Crippen molar-refractivity contribution in [2.75, 3.05) is 23.7 Å². The van der Waals surface area contributed by atoms with Gasteiger partial charge in [0.1, 0.15) is 0 Å². The monoisotopic (exact) mass is 271 g/mol. The van der Waals surface area contributed by atoms with Crippen LogP contribution >= 0.6 is 0 Å². The lowest BCUT2D eigenvalue weighted by atomic mass is 10.1. The highest BCUT2D eigenvalue weighted by atomic mass is 32.2. The van der Waals surface area contributed by atoms with E-state index in [1.165, 1.54) is 11.1 Å². The normalized spacial score (nSPS) is 11.6. The smallest absolute Gasteiger partial charge is 0.264 e. The SMILES string of the molecule is CCN(CCCS(=O)(=O)O)c1cc(C)cc(C)c1. The number of anilines is 1. The lowest BCUT2D eigenvalue weighted by Crippen LogP contribution is -2.25. The third-order valence-corrected chi connectivity index (χ3v) is 3.59. The molecule has 0 aliphatic carbocycles. The topological polar surface area (TPSA) is 57.6 Å². The van der Waals surface area contributed by atoms with Gasteiger partial charge in [0.15, 0.2) is 0 Å². The number of nitrogens with zero attached hydrogens (tertiary/aromatic N) is 1. The third kappa shape index (κ3) is 5.06. The van der Waals surface area contributed by atoms with Crippen LogP contribution in [0.5, 0.6) is 0 Å². The van der Waals surface area contributed by atoms with E-state index in [1.807, 2.05) is 20.8 Å². The second-order valence-corrected chi connectivity index (χ2v) is 6.14. The average Bonchev–Trinajstić information content (AvgIpc) is 2.21. The molecule has 1 aromatic carbocycles. The molecule has 5 heteroatoms. The van der Waals surface area contributed by atoms with Crippen LogP contribution < -0.4 is 4.90 Å². The molecule has 0 aliphatic heterocycles. The van der Waals surface area contributed by atoms with Crippen LogP contribution in [0, 0.1) is 13.8 Å². The van der Waals surface area contributed by atoms with Crippen LogP contribution in [0.2, 0.25) is 0 Å². The third-order valence-electron chi connectivity index (χ3n) is 2.78. The van der Waals surface area contributed by atoms with Crippen LogP contribution in [0.4, 0.5) is 5.69 Å². The van der Waals surface area contributed by atoms with E-state index in [-0.39, 0.29) is 5.75 Å². The van der Waals surface area contributed by atoms with Gasteiger partial charge in [0.2, 0.25) is 0 Å². The Kier molecular flexibility index (Phi) is 5.16. The number of aryl methyl sites for hydroxylation is 2. The van der Waals surface area contributed by atoms with Gasteiger partial charge in [0.05, 0.1) is 5.75 Å². The fourth-order valence-electron chi connectivity index (χ4n) is 2.04. The maximum absolute atomic E-state index is 10.7. The van der Waals surface area contributed by atoms with Gasteiger partial charge in [0.25, 0.3) is 10.1 Å². The van der Waals surface area contributed by atoms with Crippen molar-refractivity contribution < 1.29 is 13.0 Å². The standard InChI is InChI=1S/C13H21NO3S/c1-4-14(6-5-7-18(15,16)17)13-9-11(2)8-12(3)10-13/h8-10H,4-7H2,1-3H3,(H,15,16,17). The highest BCUT2D eigenvalue weighted by Crippen LogP contribution is 2.18. The number of benzene rings is 1. The van der Waals surface area contributed by atoms with Crippen molar-refractivity contribution in [1.29, 1.82) is 0 Å². The Labute approximate surface area is 109 Å². The molecule has 1 N–H and O–H groups in total. The Balaban J connectivity index is 2.71. The van der Waals surface area contributed by atoms with Gasteiger partial charge in [0, 0.05) is 18.8 Å². The molecule has 0 atom stereocenters. The molecule has 102 valence electrons. The second-order valence-electron chi connectivity index (χ2n) is 4.57. The summed E-state index contributed by atoms with van der Waals surface area (Å²) in [5.41, 5.74) is 3.49. The van der Waals surface area contributed by atoms with E-state index in [9.17, 15) is 8.42 Å². The van der Waals surface area contributed by atoms with E-state index in [1.54, 1.807) is 0 Å². The minimum atomic E-state index is -3.85. The van der Waals surface area contributed by atoms with Crippen LogP contribution in [0.15, 0.2) is 18.2 Å².